The van der Waals surface area contributed by atoms with Gasteiger partial charge in [-0.25, -0.2) is 0 Å². The summed E-state index contributed by atoms with van der Waals surface area (Å²) in [7, 11) is 2.27. The summed E-state index contributed by atoms with van der Waals surface area (Å²) in [5.74, 6) is 0. The van der Waals surface area contributed by atoms with E-state index in [1.165, 1.54) is 19.3 Å². The summed E-state index contributed by atoms with van der Waals surface area (Å²) in [5, 5.41) is 3.60. The molecule has 1 atom stereocenters. The molecule has 0 bridgehead atoms. The Bertz CT molecular complexity index is 221. The van der Waals surface area contributed by atoms with Gasteiger partial charge in [0, 0.05) is 37.2 Å². The zero-order valence-electron chi connectivity index (χ0n) is 13.0. The van der Waals surface area contributed by atoms with Crippen LogP contribution in [0.25, 0.3) is 0 Å². The first-order valence-corrected chi connectivity index (χ1v) is 7.54. The highest BCUT2D eigenvalue weighted by molar-refractivity contribution is 4.89. The van der Waals surface area contributed by atoms with Crippen LogP contribution in [0.3, 0.4) is 0 Å². The van der Waals surface area contributed by atoms with Crippen molar-refractivity contribution in [1.29, 1.82) is 0 Å². The third-order valence-corrected chi connectivity index (χ3v) is 4.22. The number of rotatable bonds is 8. The van der Waals surface area contributed by atoms with E-state index in [-0.39, 0.29) is 0 Å². The molecule has 0 saturated carbocycles. The fourth-order valence-corrected chi connectivity index (χ4v) is 2.96. The van der Waals surface area contributed by atoms with Crippen LogP contribution in [0.5, 0.6) is 0 Å². The average Bonchev–Trinajstić information content (AvgIpc) is 2.77. The maximum absolute atomic E-state index is 5.67. The van der Waals surface area contributed by atoms with Crippen LogP contribution < -0.4 is 5.32 Å². The van der Waals surface area contributed by atoms with E-state index in [0.29, 0.717) is 17.5 Å². The molecule has 1 aliphatic rings. The largest absolute Gasteiger partial charge is 0.381 e. The monoisotopic (exact) mass is 256 g/mol. The van der Waals surface area contributed by atoms with Gasteiger partial charge in [0.1, 0.15) is 0 Å². The molecule has 0 aromatic rings. The van der Waals surface area contributed by atoms with Crippen molar-refractivity contribution in [3.05, 3.63) is 0 Å². The van der Waals surface area contributed by atoms with E-state index in [1.54, 1.807) is 0 Å². The molecule has 3 heteroatoms. The van der Waals surface area contributed by atoms with Crippen LogP contribution in [-0.4, -0.2) is 50.3 Å². The number of ether oxygens (including phenoxy) is 1. The van der Waals surface area contributed by atoms with Crippen molar-refractivity contribution in [2.75, 3.05) is 33.4 Å². The fourth-order valence-electron chi connectivity index (χ4n) is 2.96. The molecule has 0 amide bonds. The summed E-state index contributed by atoms with van der Waals surface area (Å²) in [6.45, 7) is 13.1. The second kappa shape index (κ2) is 7.46. The summed E-state index contributed by atoms with van der Waals surface area (Å²) in [6, 6.07) is 1.27. The Morgan fingerprint density at radius 1 is 1.28 bits per heavy atom. The molecular formula is C15H32N2O. The van der Waals surface area contributed by atoms with Gasteiger partial charge in [-0.1, -0.05) is 27.7 Å². The van der Waals surface area contributed by atoms with Crippen molar-refractivity contribution in [2.24, 2.45) is 5.41 Å². The third kappa shape index (κ3) is 4.52. The lowest BCUT2D eigenvalue weighted by atomic mass is 9.85. The lowest BCUT2D eigenvalue weighted by Crippen LogP contribution is -2.47. The van der Waals surface area contributed by atoms with Crippen LogP contribution in [0.15, 0.2) is 0 Å². The molecule has 0 aromatic carbocycles. The molecule has 0 spiro atoms. The van der Waals surface area contributed by atoms with E-state index in [0.717, 1.165) is 26.3 Å². The Kier molecular flexibility index (Phi) is 6.61. The highest BCUT2D eigenvalue weighted by Crippen LogP contribution is 2.30. The summed E-state index contributed by atoms with van der Waals surface area (Å²) < 4.78 is 5.67. The van der Waals surface area contributed by atoms with E-state index in [1.807, 2.05) is 0 Å². The van der Waals surface area contributed by atoms with Crippen molar-refractivity contribution in [3.8, 4) is 0 Å². The standard InChI is InChI=1S/C15H32N2O/c1-6-14(7-2)17(5)11-15(8-9-18-12-15)10-16-13(3)4/h13-14,16H,6-12H2,1-5H3. The van der Waals surface area contributed by atoms with Crippen LogP contribution in [0.4, 0.5) is 0 Å². The molecule has 1 N–H and O–H groups in total. The van der Waals surface area contributed by atoms with Gasteiger partial charge in [0.15, 0.2) is 0 Å². The second-order valence-corrected chi connectivity index (χ2v) is 6.22. The van der Waals surface area contributed by atoms with Crippen LogP contribution in [0.2, 0.25) is 0 Å². The molecule has 1 fully saturated rings. The first-order valence-electron chi connectivity index (χ1n) is 7.54. The average molecular weight is 256 g/mol. The molecule has 0 radical (unpaired) electrons. The quantitative estimate of drug-likeness (QED) is 0.722. The van der Waals surface area contributed by atoms with E-state index in [4.69, 9.17) is 4.74 Å². The molecular weight excluding hydrogens is 224 g/mol. The Hall–Kier alpha value is -0.120. The summed E-state index contributed by atoms with van der Waals surface area (Å²) in [6.07, 6.45) is 3.67. The number of hydrogen-bond acceptors (Lipinski definition) is 3. The van der Waals surface area contributed by atoms with Gasteiger partial charge >= 0.3 is 0 Å². The molecule has 0 aromatic heterocycles. The van der Waals surface area contributed by atoms with E-state index < -0.39 is 0 Å². The minimum absolute atomic E-state index is 0.321. The normalized spacial score (nSPS) is 24.7. The van der Waals surface area contributed by atoms with Crippen LogP contribution in [0, 0.1) is 5.41 Å². The second-order valence-electron chi connectivity index (χ2n) is 6.22. The van der Waals surface area contributed by atoms with Crippen molar-refractivity contribution in [1.82, 2.24) is 10.2 Å². The van der Waals surface area contributed by atoms with Gasteiger partial charge in [-0.15, -0.1) is 0 Å². The Balaban J connectivity index is 2.56. The molecule has 18 heavy (non-hydrogen) atoms. The highest BCUT2D eigenvalue weighted by atomic mass is 16.5. The molecule has 1 saturated heterocycles. The lowest BCUT2D eigenvalue weighted by molar-refractivity contribution is 0.0966. The first kappa shape index (κ1) is 15.9. The summed E-state index contributed by atoms with van der Waals surface area (Å²) in [4.78, 5) is 2.54. The van der Waals surface area contributed by atoms with Crippen molar-refractivity contribution in [2.45, 2.75) is 59.0 Å². The number of nitrogens with zero attached hydrogens (tertiary/aromatic N) is 1. The van der Waals surface area contributed by atoms with Gasteiger partial charge < -0.3 is 15.0 Å². The predicted octanol–water partition coefficient (Wildman–Crippen LogP) is 2.51. The number of nitrogens with one attached hydrogen (secondary N) is 1. The smallest absolute Gasteiger partial charge is 0.0547 e. The van der Waals surface area contributed by atoms with Gasteiger partial charge in [0.25, 0.3) is 0 Å². The van der Waals surface area contributed by atoms with Crippen LogP contribution in [0.1, 0.15) is 47.0 Å². The minimum atomic E-state index is 0.321. The zero-order valence-corrected chi connectivity index (χ0v) is 13.0. The topological polar surface area (TPSA) is 24.5 Å². The lowest BCUT2D eigenvalue weighted by Gasteiger charge is -2.36. The minimum Gasteiger partial charge on any atom is -0.381 e. The zero-order chi connectivity index (χ0) is 13.6. The number of hydrogen-bond donors (Lipinski definition) is 1. The molecule has 1 aliphatic heterocycles. The Labute approximate surface area is 113 Å². The predicted molar refractivity (Wildman–Crippen MR) is 78.0 cm³/mol. The van der Waals surface area contributed by atoms with Crippen molar-refractivity contribution >= 4 is 0 Å². The van der Waals surface area contributed by atoms with E-state index in [9.17, 15) is 0 Å². The summed E-state index contributed by atoms with van der Waals surface area (Å²) in [5.41, 5.74) is 0.321. The molecule has 0 aliphatic carbocycles. The molecule has 108 valence electrons. The van der Waals surface area contributed by atoms with Crippen molar-refractivity contribution < 1.29 is 4.74 Å². The maximum Gasteiger partial charge on any atom is 0.0547 e. The molecule has 1 heterocycles. The third-order valence-electron chi connectivity index (χ3n) is 4.22. The van der Waals surface area contributed by atoms with E-state index in [2.05, 4.69) is 45.0 Å². The van der Waals surface area contributed by atoms with Gasteiger partial charge in [-0.3, -0.25) is 0 Å². The fraction of sp³-hybridized carbons (Fsp3) is 1.00. The Morgan fingerprint density at radius 2 is 1.94 bits per heavy atom. The van der Waals surface area contributed by atoms with Crippen LogP contribution in [-0.2, 0) is 4.74 Å². The first-order chi connectivity index (χ1) is 8.53. The van der Waals surface area contributed by atoms with Gasteiger partial charge in [0.2, 0.25) is 0 Å². The van der Waals surface area contributed by atoms with Crippen LogP contribution >= 0.6 is 0 Å². The van der Waals surface area contributed by atoms with Gasteiger partial charge in [0.05, 0.1) is 6.61 Å². The summed E-state index contributed by atoms with van der Waals surface area (Å²) >= 11 is 0. The van der Waals surface area contributed by atoms with Gasteiger partial charge in [-0.2, -0.15) is 0 Å². The maximum atomic E-state index is 5.67. The van der Waals surface area contributed by atoms with E-state index >= 15 is 0 Å². The highest BCUT2D eigenvalue weighted by Gasteiger charge is 2.36. The molecule has 3 nitrogen and oxygen atoms in total. The SMILES string of the molecule is CCC(CC)N(C)CC1(CNC(C)C)CCOC1. The molecule has 1 unspecified atom stereocenters. The molecule has 1 rings (SSSR count). The van der Waals surface area contributed by atoms with Crippen molar-refractivity contribution in [3.63, 3.8) is 0 Å². The Morgan fingerprint density at radius 3 is 2.39 bits per heavy atom. The van der Waals surface area contributed by atoms with Gasteiger partial charge in [-0.05, 0) is 26.3 Å².